The van der Waals surface area contributed by atoms with Crippen LogP contribution in [-0.2, 0) is 14.3 Å². The Balaban J connectivity index is 1.91. The third-order valence-corrected chi connectivity index (χ3v) is 3.83. The zero-order valence-corrected chi connectivity index (χ0v) is 17.2. The molecule has 2 rings (SSSR count). The van der Waals surface area contributed by atoms with Gasteiger partial charge >= 0.3 is 18.9 Å². The average molecular weight is 475 g/mol. The van der Waals surface area contributed by atoms with Gasteiger partial charge in [0.1, 0.15) is 5.75 Å². The number of anilines is 1. The highest BCUT2D eigenvalue weighted by Crippen LogP contribution is 2.30. The Bertz CT molecular complexity index is 992. The molecule has 2 aromatic rings. The quantitative estimate of drug-likeness (QED) is 0.319. The highest BCUT2D eigenvalue weighted by molar-refractivity contribution is 5.96. The molecule has 0 radical (unpaired) electrons. The third-order valence-electron chi connectivity index (χ3n) is 3.83. The fourth-order valence-electron chi connectivity index (χ4n) is 2.40. The molecule has 1 amide bonds. The normalized spacial score (nSPS) is 12.4. The molecule has 0 aromatic heterocycles. The van der Waals surface area contributed by atoms with Gasteiger partial charge in [0, 0.05) is 11.8 Å². The van der Waals surface area contributed by atoms with Crippen LogP contribution in [0.3, 0.4) is 0 Å². The van der Waals surface area contributed by atoms with Gasteiger partial charge in [-0.05, 0) is 55.0 Å². The van der Waals surface area contributed by atoms with Gasteiger partial charge in [-0.2, -0.15) is 8.78 Å². The molecule has 0 fully saturated rings. The summed E-state index contributed by atoms with van der Waals surface area (Å²) in [5.74, 6) is -2.23. The summed E-state index contributed by atoms with van der Waals surface area (Å²) >= 11 is 0. The Morgan fingerprint density at radius 1 is 1.03 bits per heavy atom. The van der Waals surface area contributed by atoms with Crippen molar-refractivity contribution in [2.45, 2.75) is 26.0 Å². The van der Waals surface area contributed by atoms with Gasteiger partial charge in [-0.25, -0.2) is 4.79 Å². The number of amides is 1. The number of rotatable bonds is 9. The number of ether oxygens (including phenoxy) is 4. The van der Waals surface area contributed by atoms with Crippen LogP contribution in [0.25, 0.3) is 6.08 Å². The van der Waals surface area contributed by atoms with Crippen molar-refractivity contribution in [2.24, 2.45) is 0 Å². The minimum atomic E-state index is -4.84. The second kappa shape index (κ2) is 11.2. The van der Waals surface area contributed by atoms with Gasteiger partial charge in [0.05, 0.1) is 7.11 Å². The van der Waals surface area contributed by atoms with Gasteiger partial charge in [0.2, 0.25) is 0 Å². The summed E-state index contributed by atoms with van der Waals surface area (Å²) in [7, 11) is 1.26. The number of nitrogens with one attached hydrogen (secondary N) is 1. The van der Waals surface area contributed by atoms with Crippen molar-refractivity contribution in [3.05, 3.63) is 54.1 Å². The Labute approximate surface area is 184 Å². The highest BCUT2D eigenvalue weighted by atomic mass is 19.4. The number of carbonyl (C=O) groups excluding carboxylic acids is 2. The molecule has 0 aliphatic rings. The maximum atomic E-state index is 12.4. The van der Waals surface area contributed by atoms with Crippen LogP contribution in [0.15, 0.2) is 48.5 Å². The van der Waals surface area contributed by atoms with Crippen LogP contribution in [0, 0.1) is 0 Å². The Hall–Kier alpha value is -3.83. The zero-order chi connectivity index (χ0) is 24.6. The lowest BCUT2D eigenvalue weighted by Crippen LogP contribution is -2.29. The summed E-state index contributed by atoms with van der Waals surface area (Å²) in [5.41, 5.74) is 0.565. The minimum absolute atomic E-state index is 0.0187. The number of hydrogen-bond acceptors (Lipinski definition) is 6. The van der Waals surface area contributed by atoms with Crippen molar-refractivity contribution < 1.29 is 50.5 Å². The van der Waals surface area contributed by atoms with Crippen LogP contribution in [0.5, 0.6) is 17.2 Å². The Kier molecular flexibility index (Phi) is 8.60. The van der Waals surface area contributed by atoms with Crippen LogP contribution < -0.4 is 19.5 Å². The maximum absolute atomic E-state index is 12.4. The highest BCUT2D eigenvalue weighted by Gasteiger charge is 2.31. The lowest BCUT2D eigenvalue weighted by atomic mass is 10.2. The summed E-state index contributed by atoms with van der Waals surface area (Å²) in [4.78, 5) is 24.1. The molecule has 1 unspecified atom stereocenters. The largest absolute Gasteiger partial charge is 0.573 e. The number of methoxy groups -OCH3 is 1. The van der Waals surface area contributed by atoms with Gasteiger partial charge in [-0.15, -0.1) is 13.2 Å². The molecule has 0 aliphatic carbocycles. The molecule has 33 heavy (non-hydrogen) atoms. The molecule has 0 saturated carbocycles. The molecule has 0 saturated heterocycles. The fraction of sp³-hybridized carbons (Fsp3) is 0.238. The van der Waals surface area contributed by atoms with Crippen LogP contribution in [0.4, 0.5) is 27.6 Å². The molecule has 12 heteroatoms. The SMILES string of the molecule is COc1cc(/C=C/C(=O)OC(C)C(=O)Nc2ccc(OC(F)(F)F)cc2)ccc1OC(F)F. The molecule has 0 aliphatic heterocycles. The van der Waals surface area contributed by atoms with E-state index >= 15 is 0 Å². The summed E-state index contributed by atoms with van der Waals surface area (Å²) in [6, 6.07) is 8.36. The van der Waals surface area contributed by atoms with E-state index in [0.717, 1.165) is 18.2 Å². The second-order valence-electron chi connectivity index (χ2n) is 6.26. The summed E-state index contributed by atoms with van der Waals surface area (Å²) in [6.07, 6.45) is -3.76. The molecule has 178 valence electrons. The summed E-state index contributed by atoms with van der Waals surface area (Å²) in [6.45, 7) is -1.74. The van der Waals surface area contributed by atoms with Gasteiger partial charge in [0.25, 0.3) is 5.91 Å². The number of carbonyl (C=O) groups is 2. The van der Waals surface area contributed by atoms with Crippen LogP contribution in [0.1, 0.15) is 12.5 Å². The van der Waals surface area contributed by atoms with Crippen LogP contribution >= 0.6 is 0 Å². The van der Waals surface area contributed by atoms with E-state index in [1.807, 2.05) is 0 Å². The number of esters is 1. The standard InChI is InChI=1S/C21H18F5NO6/c1-12(19(29)27-14-5-7-15(8-6-14)33-21(24,25)26)31-18(28)10-4-13-3-9-16(32-20(22)23)17(11-13)30-2/h3-12,20H,1-2H3,(H,27,29)/b10-4+. The third kappa shape index (κ3) is 8.67. The van der Waals surface area contributed by atoms with Gasteiger partial charge in [-0.3, -0.25) is 4.79 Å². The first-order valence-electron chi connectivity index (χ1n) is 9.15. The predicted octanol–water partition coefficient (Wildman–Crippen LogP) is 4.78. The van der Waals surface area contributed by atoms with Crippen LogP contribution in [0.2, 0.25) is 0 Å². The van der Waals surface area contributed by atoms with Crippen molar-refractivity contribution in [2.75, 3.05) is 12.4 Å². The first-order chi connectivity index (χ1) is 15.5. The molecule has 0 heterocycles. The molecule has 2 aromatic carbocycles. The number of benzene rings is 2. The van der Waals surface area contributed by atoms with Gasteiger partial charge in [0.15, 0.2) is 17.6 Å². The lowest BCUT2D eigenvalue weighted by molar-refractivity contribution is -0.274. The van der Waals surface area contributed by atoms with Crippen LogP contribution in [-0.4, -0.2) is 38.1 Å². The maximum Gasteiger partial charge on any atom is 0.573 e. The van der Waals surface area contributed by atoms with Gasteiger partial charge < -0.3 is 24.3 Å². The second-order valence-corrected chi connectivity index (χ2v) is 6.26. The summed E-state index contributed by atoms with van der Waals surface area (Å²) < 4.78 is 79.2. The molecular weight excluding hydrogens is 457 g/mol. The average Bonchev–Trinajstić information content (AvgIpc) is 2.72. The van der Waals surface area contributed by atoms with Crippen molar-refractivity contribution in [3.8, 4) is 17.2 Å². The fourth-order valence-corrected chi connectivity index (χ4v) is 2.40. The molecule has 1 atom stereocenters. The van der Waals surface area contributed by atoms with E-state index in [4.69, 9.17) is 9.47 Å². The van der Waals surface area contributed by atoms with Crippen molar-refractivity contribution in [1.29, 1.82) is 0 Å². The zero-order valence-electron chi connectivity index (χ0n) is 17.2. The van der Waals surface area contributed by atoms with E-state index in [0.29, 0.717) is 5.56 Å². The number of hydrogen-bond donors (Lipinski definition) is 1. The predicted molar refractivity (Wildman–Crippen MR) is 106 cm³/mol. The van der Waals surface area contributed by atoms with E-state index in [1.54, 1.807) is 0 Å². The van der Waals surface area contributed by atoms with Gasteiger partial charge in [-0.1, -0.05) is 6.07 Å². The van der Waals surface area contributed by atoms with E-state index < -0.39 is 36.7 Å². The van der Waals surface area contributed by atoms with Crippen molar-refractivity contribution in [1.82, 2.24) is 0 Å². The minimum Gasteiger partial charge on any atom is -0.493 e. The molecular formula is C21H18F5NO6. The Morgan fingerprint density at radius 2 is 1.70 bits per heavy atom. The first-order valence-corrected chi connectivity index (χ1v) is 9.15. The first kappa shape index (κ1) is 25.4. The van der Waals surface area contributed by atoms with E-state index in [9.17, 15) is 31.5 Å². The molecule has 7 nitrogen and oxygen atoms in total. The summed E-state index contributed by atoms with van der Waals surface area (Å²) in [5, 5.41) is 2.38. The molecule has 1 N–H and O–H groups in total. The van der Waals surface area contributed by atoms with E-state index in [1.165, 1.54) is 50.4 Å². The monoisotopic (exact) mass is 475 g/mol. The topological polar surface area (TPSA) is 83.1 Å². The number of halogens is 5. The van der Waals surface area contributed by atoms with Crippen molar-refractivity contribution in [3.63, 3.8) is 0 Å². The molecule has 0 spiro atoms. The lowest BCUT2D eigenvalue weighted by Gasteiger charge is -2.13. The Morgan fingerprint density at radius 3 is 2.27 bits per heavy atom. The molecule has 0 bridgehead atoms. The van der Waals surface area contributed by atoms with E-state index in [2.05, 4.69) is 14.8 Å². The number of alkyl halides is 5. The smallest absolute Gasteiger partial charge is 0.493 e. The van der Waals surface area contributed by atoms with Crippen molar-refractivity contribution >= 4 is 23.6 Å². The van der Waals surface area contributed by atoms with E-state index in [-0.39, 0.29) is 17.2 Å².